The molecule has 0 saturated heterocycles. The van der Waals surface area contributed by atoms with E-state index in [9.17, 15) is 14.4 Å². The Labute approximate surface area is 123 Å². The van der Waals surface area contributed by atoms with Gasteiger partial charge in [0.05, 0.1) is 19.2 Å². The Bertz CT molecular complexity index is 545. The highest BCUT2D eigenvalue weighted by Gasteiger charge is 2.17. The molecule has 1 aromatic rings. The van der Waals surface area contributed by atoms with Crippen LogP contribution in [-0.4, -0.2) is 37.1 Å². The summed E-state index contributed by atoms with van der Waals surface area (Å²) >= 11 is 0. The molecule has 6 nitrogen and oxygen atoms in total. The van der Waals surface area contributed by atoms with Crippen molar-refractivity contribution in [1.82, 2.24) is 5.32 Å². The number of nitrogens with one attached hydrogen (secondary N) is 1. The SMILES string of the molecule is COC(=O)c1cccc(C(=O)CNC(=O)OC(C)(C)C)c1. The first-order chi connectivity index (χ1) is 9.73. The quantitative estimate of drug-likeness (QED) is 0.679. The highest BCUT2D eigenvalue weighted by atomic mass is 16.6. The van der Waals surface area contributed by atoms with Gasteiger partial charge in [-0.15, -0.1) is 0 Å². The maximum absolute atomic E-state index is 12.0. The maximum Gasteiger partial charge on any atom is 0.408 e. The third-order valence-electron chi connectivity index (χ3n) is 2.40. The van der Waals surface area contributed by atoms with E-state index in [0.29, 0.717) is 5.56 Å². The van der Waals surface area contributed by atoms with Gasteiger partial charge in [-0.3, -0.25) is 4.79 Å². The average molecular weight is 293 g/mol. The van der Waals surface area contributed by atoms with Gasteiger partial charge in [0, 0.05) is 5.56 Å². The summed E-state index contributed by atoms with van der Waals surface area (Å²) in [4.78, 5) is 34.8. The summed E-state index contributed by atoms with van der Waals surface area (Å²) in [6.07, 6.45) is -0.667. The van der Waals surface area contributed by atoms with Crippen LogP contribution < -0.4 is 5.32 Å². The van der Waals surface area contributed by atoms with Crippen molar-refractivity contribution in [3.05, 3.63) is 35.4 Å². The number of methoxy groups -OCH3 is 1. The number of amides is 1. The summed E-state index contributed by atoms with van der Waals surface area (Å²) in [6.45, 7) is 4.98. The van der Waals surface area contributed by atoms with Crippen LogP contribution in [0.15, 0.2) is 24.3 Å². The fourth-order valence-corrected chi connectivity index (χ4v) is 1.51. The van der Waals surface area contributed by atoms with Crippen LogP contribution in [0.2, 0.25) is 0 Å². The van der Waals surface area contributed by atoms with Gasteiger partial charge < -0.3 is 14.8 Å². The van der Waals surface area contributed by atoms with Crippen molar-refractivity contribution < 1.29 is 23.9 Å². The Hall–Kier alpha value is -2.37. The van der Waals surface area contributed by atoms with Crippen LogP contribution in [0.1, 0.15) is 41.5 Å². The van der Waals surface area contributed by atoms with Crippen LogP contribution in [0.3, 0.4) is 0 Å². The van der Waals surface area contributed by atoms with Gasteiger partial charge in [-0.25, -0.2) is 9.59 Å². The van der Waals surface area contributed by atoms with Crippen LogP contribution in [0.25, 0.3) is 0 Å². The highest BCUT2D eigenvalue weighted by molar-refractivity contribution is 6.01. The van der Waals surface area contributed by atoms with Crippen LogP contribution in [0.5, 0.6) is 0 Å². The smallest absolute Gasteiger partial charge is 0.408 e. The first-order valence-corrected chi connectivity index (χ1v) is 6.41. The molecule has 0 aliphatic rings. The normalized spacial score (nSPS) is 10.7. The molecule has 0 aliphatic heterocycles. The molecule has 0 aromatic heterocycles. The fraction of sp³-hybridized carbons (Fsp3) is 0.400. The molecular formula is C15H19NO5. The van der Waals surface area contributed by atoms with Crippen molar-refractivity contribution in [2.45, 2.75) is 26.4 Å². The molecule has 0 atom stereocenters. The van der Waals surface area contributed by atoms with E-state index in [0.717, 1.165) is 0 Å². The van der Waals surface area contributed by atoms with E-state index in [-0.39, 0.29) is 17.9 Å². The minimum atomic E-state index is -0.667. The zero-order valence-electron chi connectivity index (χ0n) is 12.6. The fourth-order valence-electron chi connectivity index (χ4n) is 1.51. The number of carbonyl (C=O) groups excluding carboxylic acids is 3. The summed E-state index contributed by atoms with van der Waals surface area (Å²) in [6, 6.07) is 6.10. The number of hydrogen-bond acceptors (Lipinski definition) is 5. The van der Waals surface area contributed by atoms with E-state index in [1.807, 2.05) is 0 Å². The number of alkyl carbamates (subject to hydrolysis) is 1. The number of benzene rings is 1. The van der Waals surface area contributed by atoms with Crippen molar-refractivity contribution in [2.75, 3.05) is 13.7 Å². The first-order valence-electron chi connectivity index (χ1n) is 6.41. The lowest BCUT2D eigenvalue weighted by Crippen LogP contribution is -2.35. The minimum absolute atomic E-state index is 0.209. The van der Waals surface area contributed by atoms with Crippen molar-refractivity contribution in [3.8, 4) is 0 Å². The molecule has 0 saturated carbocycles. The van der Waals surface area contributed by atoms with Crippen molar-refractivity contribution in [3.63, 3.8) is 0 Å². The molecule has 1 aromatic carbocycles. The number of carbonyl (C=O) groups is 3. The standard InChI is InChI=1S/C15H19NO5/c1-15(2,3)21-14(19)16-9-12(17)10-6-5-7-11(8-10)13(18)20-4/h5-8H,9H2,1-4H3,(H,16,19). The monoisotopic (exact) mass is 293 g/mol. The molecular weight excluding hydrogens is 274 g/mol. The summed E-state index contributed by atoms with van der Waals surface area (Å²) < 4.78 is 9.61. The Morgan fingerprint density at radius 3 is 2.33 bits per heavy atom. The molecule has 0 aliphatic carbocycles. The Kier molecular flexibility index (Phi) is 5.46. The van der Waals surface area contributed by atoms with Crippen molar-refractivity contribution in [2.24, 2.45) is 0 Å². The largest absolute Gasteiger partial charge is 0.465 e. The van der Waals surface area contributed by atoms with E-state index in [1.165, 1.54) is 13.2 Å². The molecule has 1 amide bonds. The lowest BCUT2D eigenvalue weighted by Gasteiger charge is -2.19. The van der Waals surface area contributed by atoms with Gasteiger partial charge in [-0.05, 0) is 32.9 Å². The molecule has 0 fully saturated rings. The summed E-state index contributed by atoms with van der Waals surface area (Å²) in [5, 5.41) is 2.37. The van der Waals surface area contributed by atoms with Gasteiger partial charge in [-0.1, -0.05) is 12.1 Å². The third-order valence-corrected chi connectivity index (χ3v) is 2.40. The van der Waals surface area contributed by atoms with Gasteiger partial charge in [0.2, 0.25) is 0 Å². The third kappa shape index (κ3) is 5.64. The number of ether oxygens (including phenoxy) is 2. The van der Waals surface area contributed by atoms with E-state index >= 15 is 0 Å². The molecule has 6 heteroatoms. The van der Waals surface area contributed by atoms with Crippen molar-refractivity contribution in [1.29, 1.82) is 0 Å². The number of hydrogen-bond donors (Lipinski definition) is 1. The Morgan fingerprint density at radius 2 is 1.76 bits per heavy atom. The Balaban J connectivity index is 2.64. The van der Waals surface area contributed by atoms with E-state index in [2.05, 4.69) is 10.1 Å². The molecule has 21 heavy (non-hydrogen) atoms. The maximum atomic E-state index is 12.0. The molecule has 0 bridgehead atoms. The molecule has 0 unspecified atom stereocenters. The van der Waals surface area contributed by atoms with Crippen LogP contribution in [-0.2, 0) is 9.47 Å². The zero-order chi connectivity index (χ0) is 16.0. The average Bonchev–Trinajstić information content (AvgIpc) is 2.42. The Morgan fingerprint density at radius 1 is 1.14 bits per heavy atom. The number of ketones is 1. The molecule has 114 valence electrons. The summed E-state index contributed by atoms with van der Waals surface area (Å²) in [7, 11) is 1.26. The summed E-state index contributed by atoms with van der Waals surface area (Å²) in [5.74, 6) is -0.851. The van der Waals surface area contributed by atoms with Gasteiger partial charge in [0.15, 0.2) is 5.78 Å². The number of Topliss-reactive ketones (excluding diaryl/α,β-unsaturated/α-hetero) is 1. The van der Waals surface area contributed by atoms with Gasteiger partial charge >= 0.3 is 12.1 Å². The van der Waals surface area contributed by atoms with E-state index in [1.54, 1.807) is 39.0 Å². The van der Waals surface area contributed by atoms with Crippen molar-refractivity contribution >= 4 is 17.8 Å². The first kappa shape index (κ1) is 16.7. The number of rotatable bonds is 4. The molecule has 0 heterocycles. The second-order valence-electron chi connectivity index (χ2n) is 5.35. The van der Waals surface area contributed by atoms with Gasteiger partial charge in [0.1, 0.15) is 5.60 Å². The minimum Gasteiger partial charge on any atom is -0.465 e. The lowest BCUT2D eigenvalue weighted by molar-refractivity contribution is 0.0519. The topological polar surface area (TPSA) is 81.7 Å². The molecule has 1 rings (SSSR count). The molecule has 1 N–H and O–H groups in total. The second-order valence-corrected chi connectivity index (χ2v) is 5.35. The van der Waals surface area contributed by atoms with Crippen LogP contribution in [0.4, 0.5) is 4.79 Å². The zero-order valence-corrected chi connectivity index (χ0v) is 12.6. The van der Waals surface area contributed by atoms with Gasteiger partial charge in [-0.2, -0.15) is 0 Å². The van der Waals surface area contributed by atoms with Crippen LogP contribution in [0, 0.1) is 0 Å². The predicted molar refractivity (Wildman–Crippen MR) is 76.3 cm³/mol. The lowest BCUT2D eigenvalue weighted by atomic mass is 10.1. The summed E-state index contributed by atoms with van der Waals surface area (Å²) in [5.41, 5.74) is -0.0349. The van der Waals surface area contributed by atoms with E-state index in [4.69, 9.17) is 4.74 Å². The molecule has 0 radical (unpaired) electrons. The second kappa shape index (κ2) is 6.88. The predicted octanol–water partition coefficient (Wildman–Crippen LogP) is 2.18. The van der Waals surface area contributed by atoms with Gasteiger partial charge in [0.25, 0.3) is 0 Å². The number of esters is 1. The van der Waals surface area contributed by atoms with E-state index < -0.39 is 17.7 Å². The highest BCUT2D eigenvalue weighted by Crippen LogP contribution is 2.08. The molecule has 0 spiro atoms. The van der Waals surface area contributed by atoms with Crippen LogP contribution >= 0.6 is 0 Å².